The number of carbonyl (C=O) groups excluding carboxylic acids is 1. The first-order valence-electron chi connectivity index (χ1n) is 7.40. The van der Waals surface area contributed by atoms with Crippen molar-refractivity contribution in [2.75, 3.05) is 6.61 Å². The van der Waals surface area contributed by atoms with E-state index < -0.39 is 0 Å². The minimum atomic E-state index is -0.122. The molecule has 22 heavy (non-hydrogen) atoms. The fourth-order valence-corrected chi connectivity index (χ4v) is 2.66. The molecule has 2 rings (SSSR count). The van der Waals surface area contributed by atoms with E-state index in [0.717, 1.165) is 17.0 Å². The average Bonchev–Trinajstić information content (AvgIpc) is 2.79. The van der Waals surface area contributed by atoms with Crippen molar-refractivity contribution < 1.29 is 9.53 Å². The maximum atomic E-state index is 12.6. The minimum absolute atomic E-state index is 0.122. The maximum absolute atomic E-state index is 12.6. The van der Waals surface area contributed by atoms with Crippen LogP contribution in [0.2, 0.25) is 0 Å². The first-order chi connectivity index (χ1) is 10.5. The Balaban J connectivity index is 2.28. The van der Waals surface area contributed by atoms with Gasteiger partial charge in [0.15, 0.2) is 0 Å². The molecule has 0 spiro atoms. The summed E-state index contributed by atoms with van der Waals surface area (Å²) in [5.74, 6) is 0.937. The molecule has 0 unspecified atom stereocenters. The Bertz CT molecular complexity index is 682. The Hall–Kier alpha value is -2.36. The highest BCUT2D eigenvalue weighted by atomic mass is 16.5. The summed E-state index contributed by atoms with van der Waals surface area (Å²) in [6.07, 6.45) is 1.68. The van der Waals surface area contributed by atoms with Gasteiger partial charge in [0.25, 0.3) is 5.91 Å². The molecule has 0 atom stereocenters. The summed E-state index contributed by atoms with van der Waals surface area (Å²) in [5.41, 5.74) is 3.54. The molecule has 0 saturated carbocycles. The normalized spacial score (nSPS) is 10.8. The second-order valence-corrected chi connectivity index (χ2v) is 5.58. The maximum Gasteiger partial charge on any atom is 0.278 e. The highest BCUT2D eigenvalue weighted by molar-refractivity contribution is 5.96. The second-order valence-electron chi connectivity index (χ2n) is 5.58. The van der Waals surface area contributed by atoms with Gasteiger partial charge >= 0.3 is 0 Å². The van der Waals surface area contributed by atoms with Gasteiger partial charge in [-0.3, -0.25) is 4.79 Å². The third-order valence-corrected chi connectivity index (χ3v) is 3.59. The van der Waals surface area contributed by atoms with E-state index in [1.54, 1.807) is 30.3 Å². The minimum Gasteiger partial charge on any atom is -0.490 e. The number of nitrogens with zero attached hydrogens (tertiary/aromatic N) is 2. The first-order valence-corrected chi connectivity index (χ1v) is 7.40. The van der Waals surface area contributed by atoms with Gasteiger partial charge in [0, 0.05) is 11.3 Å². The fraction of sp³-hybridized carbons (Fsp3) is 0.333. The molecule has 0 N–H and O–H groups in total. The van der Waals surface area contributed by atoms with Crippen molar-refractivity contribution in [2.24, 2.45) is 0 Å². The summed E-state index contributed by atoms with van der Waals surface area (Å²) in [6.45, 7) is 12.2. The molecule has 116 valence electrons. The summed E-state index contributed by atoms with van der Waals surface area (Å²) >= 11 is 0. The van der Waals surface area contributed by atoms with E-state index in [4.69, 9.17) is 4.74 Å². The molecule has 4 heteroatoms. The Morgan fingerprint density at radius 1 is 1.32 bits per heavy atom. The molecule has 0 radical (unpaired) electrons. The summed E-state index contributed by atoms with van der Waals surface area (Å²) < 4.78 is 6.91. The Morgan fingerprint density at radius 2 is 1.95 bits per heavy atom. The molecule has 4 nitrogen and oxygen atoms in total. The number of carbonyl (C=O) groups is 1. The van der Waals surface area contributed by atoms with E-state index in [1.807, 2.05) is 13.8 Å². The van der Waals surface area contributed by atoms with Crippen molar-refractivity contribution in [2.45, 2.75) is 33.6 Å². The fourth-order valence-electron chi connectivity index (χ4n) is 2.66. The number of aromatic nitrogens is 2. The largest absolute Gasteiger partial charge is 0.490 e. The van der Waals surface area contributed by atoms with Crippen LogP contribution < -0.4 is 4.74 Å². The predicted molar refractivity (Wildman–Crippen MR) is 87.7 cm³/mol. The zero-order valence-electron chi connectivity index (χ0n) is 13.6. The number of benzene rings is 1. The molecule has 1 aromatic carbocycles. The summed E-state index contributed by atoms with van der Waals surface area (Å²) in [4.78, 5) is 12.6. The standard InChI is InChI=1S/C18H22N2O2/c1-6-11-22-16-9-7-15(8-10-16)18(21)20-14(5)17(12(2)3)13(4)19-20/h6-10,12H,1,11H2,2-5H3. The van der Waals surface area contributed by atoms with Gasteiger partial charge in [-0.1, -0.05) is 26.5 Å². The SMILES string of the molecule is C=CCOc1ccc(C(=O)n2nc(C)c(C(C)C)c2C)cc1. The van der Waals surface area contributed by atoms with Crippen LogP contribution in [0.15, 0.2) is 36.9 Å². The van der Waals surface area contributed by atoms with Crippen LogP contribution in [0, 0.1) is 13.8 Å². The zero-order chi connectivity index (χ0) is 16.3. The molecule has 0 fully saturated rings. The highest BCUT2D eigenvalue weighted by Gasteiger charge is 2.19. The molecular weight excluding hydrogens is 276 g/mol. The van der Waals surface area contributed by atoms with E-state index in [2.05, 4.69) is 25.5 Å². The van der Waals surface area contributed by atoms with Crippen molar-refractivity contribution in [3.63, 3.8) is 0 Å². The van der Waals surface area contributed by atoms with Gasteiger partial charge in [-0.25, -0.2) is 4.68 Å². The van der Waals surface area contributed by atoms with Gasteiger partial charge in [-0.2, -0.15) is 5.10 Å². The van der Waals surface area contributed by atoms with Crippen LogP contribution in [0.4, 0.5) is 0 Å². The van der Waals surface area contributed by atoms with Crippen LogP contribution in [-0.4, -0.2) is 22.3 Å². The molecule has 0 amide bonds. The Morgan fingerprint density at radius 3 is 2.45 bits per heavy atom. The van der Waals surface area contributed by atoms with Gasteiger partial charge in [0.05, 0.1) is 5.69 Å². The summed E-state index contributed by atoms with van der Waals surface area (Å²) in [5, 5.41) is 4.40. The van der Waals surface area contributed by atoms with Gasteiger partial charge in [0.1, 0.15) is 12.4 Å². The summed E-state index contributed by atoms with van der Waals surface area (Å²) in [6, 6.07) is 7.08. The van der Waals surface area contributed by atoms with Crippen molar-refractivity contribution in [3.05, 3.63) is 59.4 Å². The Kier molecular flexibility index (Phi) is 4.81. The van der Waals surface area contributed by atoms with Crippen LogP contribution >= 0.6 is 0 Å². The topological polar surface area (TPSA) is 44.1 Å². The average molecular weight is 298 g/mol. The second kappa shape index (κ2) is 6.60. The van der Waals surface area contributed by atoms with Crippen LogP contribution in [0.5, 0.6) is 5.75 Å². The molecule has 1 heterocycles. The summed E-state index contributed by atoms with van der Waals surface area (Å²) in [7, 11) is 0. The van der Waals surface area contributed by atoms with E-state index in [-0.39, 0.29) is 5.91 Å². The first kappa shape index (κ1) is 16.0. The third kappa shape index (κ3) is 3.11. The lowest BCUT2D eigenvalue weighted by Crippen LogP contribution is -2.15. The molecule has 0 aliphatic heterocycles. The van der Waals surface area contributed by atoms with Crippen molar-refractivity contribution in [1.82, 2.24) is 9.78 Å². The lowest BCUT2D eigenvalue weighted by Gasteiger charge is -2.07. The van der Waals surface area contributed by atoms with E-state index >= 15 is 0 Å². The monoisotopic (exact) mass is 298 g/mol. The molecule has 2 aromatic rings. The molecule has 0 saturated heterocycles. The van der Waals surface area contributed by atoms with Crippen molar-refractivity contribution in [1.29, 1.82) is 0 Å². The van der Waals surface area contributed by atoms with Crippen LogP contribution in [0.1, 0.15) is 47.1 Å². The zero-order valence-corrected chi connectivity index (χ0v) is 13.6. The number of rotatable bonds is 5. The third-order valence-electron chi connectivity index (χ3n) is 3.59. The van der Waals surface area contributed by atoms with E-state index in [9.17, 15) is 4.79 Å². The molecular formula is C18H22N2O2. The van der Waals surface area contributed by atoms with Crippen molar-refractivity contribution in [3.8, 4) is 5.75 Å². The van der Waals surface area contributed by atoms with Crippen molar-refractivity contribution >= 4 is 5.91 Å². The van der Waals surface area contributed by atoms with Gasteiger partial charge in [-0.15, -0.1) is 0 Å². The quantitative estimate of drug-likeness (QED) is 0.787. The highest BCUT2D eigenvalue weighted by Crippen LogP contribution is 2.23. The molecule has 0 bridgehead atoms. The Labute approximate surface area is 131 Å². The number of ether oxygens (including phenoxy) is 1. The van der Waals surface area contributed by atoms with Gasteiger partial charge in [-0.05, 0) is 49.6 Å². The number of hydrogen-bond donors (Lipinski definition) is 0. The van der Waals surface area contributed by atoms with Crippen LogP contribution in [-0.2, 0) is 0 Å². The predicted octanol–water partition coefficient (Wildman–Crippen LogP) is 3.88. The van der Waals surface area contributed by atoms with Gasteiger partial charge in [0.2, 0.25) is 0 Å². The van der Waals surface area contributed by atoms with Gasteiger partial charge < -0.3 is 4.74 Å². The number of hydrogen-bond acceptors (Lipinski definition) is 3. The number of aryl methyl sites for hydroxylation is 1. The van der Waals surface area contributed by atoms with E-state index in [0.29, 0.717) is 23.8 Å². The smallest absolute Gasteiger partial charge is 0.278 e. The van der Waals surface area contributed by atoms with Crippen LogP contribution in [0.25, 0.3) is 0 Å². The van der Waals surface area contributed by atoms with E-state index in [1.165, 1.54) is 4.68 Å². The molecule has 1 aromatic heterocycles. The molecule has 0 aliphatic rings. The lowest BCUT2D eigenvalue weighted by atomic mass is 10.0. The van der Waals surface area contributed by atoms with Crippen LogP contribution in [0.3, 0.4) is 0 Å². The molecule has 0 aliphatic carbocycles. The lowest BCUT2D eigenvalue weighted by molar-refractivity contribution is 0.0942.